The third-order valence-corrected chi connectivity index (χ3v) is 4.08. The first kappa shape index (κ1) is 11.4. The van der Waals surface area contributed by atoms with Crippen molar-refractivity contribution in [1.82, 2.24) is 4.98 Å². The lowest BCUT2D eigenvalue weighted by Gasteiger charge is -2.06. The number of nitrogens with zero attached hydrogens (tertiary/aromatic N) is 2. The van der Waals surface area contributed by atoms with Crippen molar-refractivity contribution in [3.63, 3.8) is 0 Å². The Hall–Kier alpha value is -1.68. The van der Waals surface area contributed by atoms with Crippen LogP contribution in [0.3, 0.4) is 0 Å². The topological polar surface area (TPSA) is 37.3 Å². The molecule has 0 unspecified atom stereocenters. The van der Waals surface area contributed by atoms with Gasteiger partial charge in [-0.3, -0.25) is 5.43 Å². The van der Waals surface area contributed by atoms with E-state index in [1.54, 1.807) is 11.3 Å². The minimum absolute atomic E-state index is 0.911. The van der Waals surface area contributed by atoms with Crippen LogP contribution in [0, 0.1) is 0 Å². The number of rotatable bonds is 3. The highest BCUT2D eigenvalue weighted by Crippen LogP contribution is 2.29. The molecule has 0 atom stereocenters. The van der Waals surface area contributed by atoms with Crippen molar-refractivity contribution in [2.45, 2.75) is 25.7 Å². The average Bonchev–Trinajstić information content (AvgIpc) is 2.82. The lowest BCUT2D eigenvalue weighted by atomic mass is 10.0. The van der Waals surface area contributed by atoms with E-state index in [4.69, 9.17) is 0 Å². The van der Waals surface area contributed by atoms with Gasteiger partial charge in [-0.2, -0.15) is 5.10 Å². The molecule has 0 bridgehead atoms. The summed E-state index contributed by atoms with van der Waals surface area (Å²) in [6, 6.07) is 10.1. The summed E-state index contributed by atoms with van der Waals surface area (Å²) in [6.45, 7) is 0. The Labute approximate surface area is 111 Å². The summed E-state index contributed by atoms with van der Waals surface area (Å²) in [6.07, 6.45) is 6.68. The second-order valence-corrected chi connectivity index (χ2v) is 5.46. The van der Waals surface area contributed by atoms with Gasteiger partial charge < -0.3 is 0 Å². The van der Waals surface area contributed by atoms with Gasteiger partial charge in [-0.25, -0.2) is 4.98 Å². The van der Waals surface area contributed by atoms with E-state index in [-0.39, 0.29) is 0 Å². The van der Waals surface area contributed by atoms with E-state index in [9.17, 15) is 0 Å². The van der Waals surface area contributed by atoms with Crippen molar-refractivity contribution in [2.75, 3.05) is 5.43 Å². The summed E-state index contributed by atoms with van der Waals surface area (Å²) in [5, 5.41) is 5.14. The maximum Gasteiger partial charge on any atom is 0.203 e. The number of hydrogen-bond acceptors (Lipinski definition) is 4. The van der Waals surface area contributed by atoms with E-state index in [1.807, 2.05) is 36.5 Å². The largest absolute Gasteiger partial charge is 0.253 e. The van der Waals surface area contributed by atoms with Crippen LogP contribution in [0.5, 0.6) is 0 Å². The van der Waals surface area contributed by atoms with Crippen LogP contribution in [0.15, 0.2) is 35.4 Å². The van der Waals surface area contributed by atoms with Crippen LogP contribution >= 0.6 is 11.3 Å². The fraction of sp³-hybridized carbons (Fsp3) is 0.286. The van der Waals surface area contributed by atoms with Crippen molar-refractivity contribution in [3.05, 3.63) is 46.5 Å². The fourth-order valence-electron chi connectivity index (χ4n) is 2.10. The number of hydrogen-bond donors (Lipinski definition) is 1. The number of fused-ring (bicyclic) bond motifs is 1. The Kier molecular flexibility index (Phi) is 3.37. The summed E-state index contributed by atoms with van der Waals surface area (Å²) in [5.74, 6) is 0. The van der Waals surface area contributed by atoms with Gasteiger partial charge in [0.05, 0.1) is 11.9 Å². The minimum atomic E-state index is 0.911. The Morgan fingerprint density at radius 3 is 2.83 bits per heavy atom. The van der Waals surface area contributed by atoms with Crippen molar-refractivity contribution >= 4 is 22.7 Å². The SMILES string of the molecule is C(=N\Nc1nc2c(s1)CCCC2)/c1ccccc1. The quantitative estimate of drug-likeness (QED) is 0.675. The number of aryl methyl sites for hydroxylation is 2. The van der Waals surface area contributed by atoms with E-state index < -0.39 is 0 Å². The molecule has 0 amide bonds. The highest BCUT2D eigenvalue weighted by atomic mass is 32.1. The van der Waals surface area contributed by atoms with Crippen molar-refractivity contribution in [2.24, 2.45) is 5.10 Å². The summed E-state index contributed by atoms with van der Waals surface area (Å²) in [4.78, 5) is 6.00. The standard InChI is InChI=1S/C14H15N3S/c1-2-6-11(7-3-1)10-15-17-14-16-12-8-4-5-9-13(12)18-14/h1-3,6-7,10H,4-5,8-9H2,(H,16,17)/b15-10+. The first-order valence-electron chi connectivity index (χ1n) is 6.24. The molecule has 1 aliphatic carbocycles. The summed E-state index contributed by atoms with van der Waals surface area (Å²) >= 11 is 1.73. The third kappa shape index (κ3) is 2.59. The number of nitrogens with one attached hydrogen (secondary N) is 1. The summed E-state index contributed by atoms with van der Waals surface area (Å²) in [7, 11) is 0. The van der Waals surface area contributed by atoms with Gasteiger partial charge in [-0.1, -0.05) is 30.3 Å². The number of aromatic nitrogens is 1. The predicted molar refractivity (Wildman–Crippen MR) is 76.4 cm³/mol. The molecule has 0 fully saturated rings. The zero-order valence-corrected chi connectivity index (χ0v) is 10.9. The first-order valence-corrected chi connectivity index (χ1v) is 7.06. The van der Waals surface area contributed by atoms with Crippen LogP contribution in [-0.4, -0.2) is 11.2 Å². The average molecular weight is 257 g/mol. The van der Waals surface area contributed by atoms with E-state index in [1.165, 1.54) is 29.8 Å². The molecular weight excluding hydrogens is 242 g/mol. The van der Waals surface area contributed by atoms with E-state index in [0.717, 1.165) is 17.1 Å². The van der Waals surface area contributed by atoms with Gasteiger partial charge in [-0.15, -0.1) is 11.3 Å². The van der Waals surface area contributed by atoms with Gasteiger partial charge in [0.2, 0.25) is 5.13 Å². The molecule has 92 valence electrons. The predicted octanol–water partition coefficient (Wildman–Crippen LogP) is 3.47. The second kappa shape index (κ2) is 5.31. The van der Waals surface area contributed by atoms with E-state index in [0.29, 0.717) is 0 Å². The molecule has 0 aliphatic heterocycles. The van der Waals surface area contributed by atoms with Crippen LogP contribution in [-0.2, 0) is 12.8 Å². The molecular formula is C14H15N3S. The van der Waals surface area contributed by atoms with Crippen LogP contribution in [0.25, 0.3) is 0 Å². The molecule has 1 aromatic heterocycles. The molecule has 0 saturated heterocycles. The van der Waals surface area contributed by atoms with Crippen molar-refractivity contribution in [1.29, 1.82) is 0 Å². The zero-order valence-electron chi connectivity index (χ0n) is 10.1. The molecule has 0 radical (unpaired) electrons. The van der Waals surface area contributed by atoms with Crippen LogP contribution < -0.4 is 5.43 Å². The molecule has 2 aromatic rings. The molecule has 1 heterocycles. The van der Waals surface area contributed by atoms with Gasteiger partial charge in [0.25, 0.3) is 0 Å². The monoisotopic (exact) mass is 257 g/mol. The fourth-order valence-corrected chi connectivity index (χ4v) is 3.10. The normalized spacial score (nSPS) is 14.7. The Bertz CT molecular complexity index is 522. The molecule has 3 rings (SSSR count). The van der Waals surface area contributed by atoms with E-state index in [2.05, 4.69) is 15.5 Å². The van der Waals surface area contributed by atoms with Gasteiger partial charge in [0, 0.05) is 4.88 Å². The van der Waals surface area contributed by atoms with Crippen molar-refractivity contribution in [3.8, 4) is 0 Å². The van der Waals surface area contributed by atoms with Crippen molar-refractivity contribution < 1.29 is 0 Å². The molecule has 0 saturated carbocycles. The van der Waals surface area contributed by atoms with Gasteiger partial charge in [-0.05, 0) is 31.2 Å². The smallest absolute Gasteiger partial charge is 0.203 e. The van der Waals surface area contributed by atoms with E-state index >= 15 is 0 Å². The van der Waals surface area contributed by atoms with Gasteiger partial charge in [0.1, 0.15) is 0 Å². The number of benzene rings is 1. The maximum atomic E-state index is 4.58. The maximum absolute atomic E-state index is 4.58. The van der Waals surface area contributed by atoms with Gasteiger partial charge in [0.15, 0.2) is 0 Å². The summed E-state index contributed by atoms with van der Waals surface area (Å²) < 4.78 is 0. The van der Waals surface area contributed by atoms with Crippen LogP contribution in [0.2, 0.25) is 0 Å². The third-order valence-electron chi connectivity index (χ3n) is 3.02. The van der Waals surface area contributed by atoms with Crippen LogP contribution in [0.4, 0.5) is 5.13 Å². The molecule has 1 N–H and O–H groups in total. The lowest BCUT2D eigenvalue weighted by Crippen LogP contribution is -1.99. The Morgan fingerprint density at radius 1 is 1.17 bits per heavy atom. The molecule has 1 aromatic carbocycles. The Morgan fingerprint density at radius 2 is 2.00 bits per heavy atom. The lowest BCUT2D eigenvalue weighted by molar-refractivity contribution is 0.682. The molecule has 0 spiro atoms. The molecule has 18 heavy (non-hydrogen) atoms. The highest BCUT2D eigenvalue weighted by Gasteiger charge is 2.14. The van der Waals surface area contributed by atoms with Gasteiger partial charge >= 0.3 is 0 Å². The number of thiazole rings is 1. The molecule has 1 aliphatic rings. The zero-order chi connectivity index (χ0) is 12.2. The second-order valence-electron chi connectivity index (χ2n) is 4.38. The molecule has 3 nitrogen and oxygen atoms in total. The van der Waals surface area contributed by atoms with Crippen LogP contribution in [0.1, 0.15) is 29.0 Å². The Balaban J connectivity index is 1.66. The first-order chi connectivity index (χ1) is 8.92. The number of anilines is 1. The molecule has 4 heteroatoms. The number of hydrazone groups is 1. The highest BCUT2D eigenvalue weighted by molar-refractivity contribution is 7.15. The minimum Gasteiger partial charge on any atom is -0.253 e. The summed E-state index contributed by atoms with van der Waals surface area (Å²) in [5.41, 5.74) is 5.38.